The van der Waals surface area contributed by atoms with Crippen LogP contribution in [0.1, 0.15) is 31.9 Å². The Kier molecular flexibility index (Phi) is 4.03. The third kappa shape index (κ3) is 2.65. The highest BCUT2D eigenvalue weighted by molar-refractivity contribution is 5.31. The molecule has 1 unspecified atom stereocenters. The summed E-state index contributed by atoms with van der Waals surface area (Å²) in [4.78, 5) is 0. The summed E-state index contributed by atoms with van der Waals surface area (Å²) in [5.41, 5.74) is -0.291. The van der Waals surface area contributed by atoms with Gasteiger partial charge in [-0.2, -0.15) is 0 Å². The third-order valence-corrected chi connectivity index (χ3v) is 2.08. The monoisotopic (exact) mass is 216 g/mol. The first-order valence-corrected chi connectivity index (χ1v) is 4.89. The van der Waals surface area contributed by atoms with E-state index in [9.17, 15) is 13.9 Å². The number of rotatable bonds is 4. The topological polar surface area (TPSA) is 29.5 Å². The fourth-order valence-electron chi connectivity index (χ4n) is 1.33. The highest BCUT2D eigenvalue weighted by Gasteiger charge is 2.17. The summed E-state index contributed by atoms with van der Waals surface area (Å²) in [6.07, 6.45) is -0.845. The second-order valence-electron chi connectivity index (χ2n) is 3.16. The predicted octanol–water partition coefficient (Wildman–Crippen LogP) is 2.81. The molecular formula is C11H14F2O2. The first-order chi connectivity index (χ1) is 7.10. The van der Waals surface area contributed by atoms with Crippen LogP contribution in [0, 0.1) is 11.6 Å². The molecule has 15 heavy (non-hydrogen) atoms. The smallest absolute Gasteiger partial charge is 0.135 e. The molecule has 0 saturated carbocycles. The van der Waals surface area contributed by atoms with E-state index in [2.05, 4.69) is 0 Å². The van der Waals surface area contributed by atoms with Gasteiger partial charge >= 0.3 is 0 Å². The maximum Gasteiger partial charge on any atom is 0.135 e. The van der Waals surface area contributed by atoms with E-state index in [-0.39, 0.29) is 17.7 Å². The molecule has 0 aliphatic carbocycles. The lowest BCUT2D eigenvalue weighted by atomic mass is 10.1. The lowest BCUT2D eigenvalue weighted by molar-refractivity contribution is 0.163. The van der Waals surface area contributed by atoms with Gasteiger partial charge in [0.05, 0.1) is 18.3 Å². The van der Waals surface area contributed by atoms with Crippen molar-refractivity contribution in [3.63, 3.8) is 0 Å². The second-order valence-corrected chi connectivity index (χ2v) is 3.16. The number of hydrogen-bond donors (Lipinski definition) is 1. The third-order valence-electron chi connectivity index (χ3n) is 2.08. The molecule has 0 fully saturated rings. The van der Waals surface area contributed by atoms with Crippen molar-refractivity contribution < 1.29 is 18.6 Å². The van der Waals surface area contributed by atoms with Crippen LogP contribution in [0.5, 0.6) is 5.75 Å². The van der Waals surface area contributed by atoms with E-state index in [0.717, 1.165) is 12.1 Å². The lowest BCUT2D eigenvalue weighted by Crippen LogP contribution is -2.04. The highest BCUT2D eigenvalue weighted by Crippen LogP contribution is 2.27. The fourth-order valence-corrected chi connectivity index (χ4v) is 1.33. The van der Waals surface area contributed by atoms with Crippen molar-refractivity contribution in [2.45, 2.75) is 26.4 Å². The van der Waals surface area contributed by atoms with Gasteiger partial charge in [0.15, 0.2) is 0 Å². The summed E-state index contributed by atoms with van der Waals surface area (Å²) >= 11 is 0. The molecule has 1 rings (SSSR count). The van der Waals surface area contributed by atoms with Gasteiger partial charge in [-0.25, -0.2) is 8.78 Å². The maximum absolute atomic E-state index is 13.4. The van der Waals surface area contributed by atoms with Gasteiger partial charge < -0.3 is 9.84 Å². The summed E-state index contributed by atoms with van der Waals surface area (Å²) in [6.45, 7) is 3.72. The standard InChI is InChI=1S/C11H14F2O2/c1-3-10(14)11-8(12)5-7(15-4-2)6-9(11)13/h5-6,10,14H,3-4H2,1-2H3. The number of aliphatic hydroxyl groups is 1. The Labute approximate surface area is 87.5 Å². The van der Waals surface area contributed by atoms with Crippen LogP contribution in [-0.4, -0.2) is 11.7 Å². The van der Waals surface area contributed by atoms with Crippen molar-refractivity contribution in [1.29, 1.82) is 0 Å². The Bertz CT molecular complexity index is 316. The number of hydrogen-bond acceptors (Lipinski definition) is 2. The summed E-state index contributed by atoms with van der Waals surface area (Å²) in [5.74, 6) is -1.40. The first-order valence-electron chi connectivity index (χ1n) is 4.89. The molecule has 0 aliphatic heterocycles. The van der Waals surface area contributed by atoms with E-state index in [0.29, 0.717) is 6.61 Å². The molecule has 0 radical (unpaired) electrons. The van der Waals surface area contributed by atoms with Crippen molar-refractivity contribution in [1.82, 2.24) is 0 Å². The Morgan fingerprint density at radius 3 is 2.20 bits per heavy atom. The van der Waals surface area contributed by atoms with Gasteiger partial charge in [0.2, 0.25) is 0 Å². The molecule has 0 aliphatic rings. The van der Waals surface area contributed by atoms with Crippen molar-refractivity contribution in [2.75, 3.05) is 6.61 Å². The average molecular weight is 216 g/mol. The molecule has 0 amide bonds. The van der Waals surface area contributed by atoms with Crippen LogP contribution in [0.25, 0.3) is 0 Å². The number of ether oxygens (including phenoxy) is 1. The van der Waals surface area contributed by atoms with Gasteiger partial charge in [0, 0.05) is 12.1 Å². The Hall–Kier alpha value is -1.16. The molecule has 0 bridgehead atoms. The van der Waals surface area contributed by atoms with Gasteiger partial charge in [-0.3, -0.25) is 0 Å². The van der Waals surface area contributed by atoms with Gasteiger partial charge in [0.25, 0.3) is 0 Å². The maximum atomic E-state index is 13.4. The largest absolute Gasteiger partial charge is 0.494 e. The zero-order valence-electron chi connectivity index (χ0n) is 8.76. The molecule has 1 N–H and O–H groups in total. The minimum absolute atomic E-state index is 0.138. The molecule has 0 saturated heterocycles. The lowest BCUT2D eigenvalue weighted by Gasteiger charge is -2.12. The van der Waals surface area contributed by atoms with E-state index in [1.54, 1.807) is 13.8 Å². The van der Waals surface area contributed by atoms with Crippen LogP contribution in [0.15, 0.2) is 12.1 Å². The second kappa shape index (κ2) is 5.07. The van der Waals surface area contributed by atoms with Gasteiger partial charge in [-0.05, 0) is 13.3 Å². The number of benzene rings is 1. The predicted molar refractivity (Wildman–Crippen MR) is 52.8 cm³/mol. The van der Waals surface area contributed by atoms with E-state index in [1.807, 2.05) is 0 Å². The van der Waals surface area contributed by atoms with Crippen molar-refractivity contribution in [2.24, 2.45) is 0 Å². The number of halogens is 2. The molecule has 1 atom stereocenters. The molecule has 4 heteroatoms. The van der Waals surface area contributed by atoms with E-state index in [1.165, 1.54) is 0 Å². The van der Waals surface area contributed by atoms with Gasteiger partial charge in [0.1, 0.15) is 17.4 Å². The molecule has 0 spiro atoms. The van der Waals surface area contributed by atoms with Crippen LogP contribution >= 0.6 is 0 Å². The quantitative estimate of drug-likeness (QED) is 0.838. The minimum Gasteiger partial charge on any atom is -0.494 e. The van der Waals surface area contributed by atoms with E-state index in [4.69, 9.17) is 4.74 Å². The van der Waals surface area contributed by atoms with Gasteiger partial charge in [-0.1, -0.05) is 6.92 Å². The summed E-state index contributed by atoms with van der Waals surface area (Å²) in [5, 5.41) is 9.39. The molecular weight excluding hydrogens is 202 g/mol. The molecule has 0 aromatic heterocycles. The minimum atomic E-state index is -1.11. The fraction of sp³-hybridized carbons (Fsp3) is 0.455. The SMILES string of the molecule is CCOc1cc(F)c(C(O)CC)c(F)c1. The van der Waals surface area contributed by atoms with Crippen LogP contribution in [-0.2, 0) is 0 Å². The Balaban J connectivity index is 3.09. The summed E-state index contributed by atoms with van der Waals surface area (Å²) < 4.78 is 31.8. The summed E-state index contributed by atoms with van der Waals surface area (Å²) in [7, 11) is 0. The van der Waals surface area contributed by atoms with Gasteiger partial charge in [-0.15, -0.1) is 0 Å². The first kappa shape index (κ1) is 11.9. The van der Waals surface area contributed by atoms with Crippen LogP contribution in [0.2, 0.25) is 0 Å². The van der Waals surface area contributed by atoms with E-state index < -0.39 is 17.7 Å². The summed E-state index contributed by atoms with van der Waals surface area (Å²) in [6, 6.07) is 2.17. The molecule has 1 aromatic carbocycles. The van der Waals surface area contributed by atoms with Crippen LogP contribution < -0.4 is 4.74 Å². The van der Waals surface area contributed by atoms with Crippen molar-refractivity contribution in [3.8, 4) is 5.75 Å². The average Bonchev–Trinajstić information content (AvgIpc) is 2.16. The normalized spacial score (nSPS) is 12.6. The Morgan fingerprint density at radius 1 is 1.27 bits per heavy atom. The number of aliphatic hydroxyl groups excluding tert-OH is 1. The zero-order valence-corrected chi connectivity index (χ0v) is 8.76. The van der Waals surface area contributed by atoms with E-state index >= 15 is 0 Å². The van der Waals surface area contributed by atoms with Crippen LogP contribution in [0.4, 0.5) is 8.78 Å². The molecule has 0 heterocycles. The zero-order chi connectivity index (χ0) is 11.4. The van der Waals surface area contributed by atoms with Crippen LogP contribution in [0.3, 0.4) is 0 Å². The highest BCUT2D eigenvalue weighted by atomic mass is 19.1. The molecule has 84 valence electrons. The molecule has 2 nitrogen and oxygen atoms in total. The Morgan fingerprint density at radius 2 is 1.80 bits per heavy atom. The van der Waals surface area contributed by atoms with Crippen molar-refractivity contribution in [3.05, 3.63) is 29.3 Å². The van der Waals surface area contributed by atoms with Crippen molar-refractivity contribution >= 4 is 0 Å². The molecule has 1 aromatic rings.